The molecule has 0 saturated heterocycles. The molecule has 2 rings (SSSR count). The molecule has 0 fully saturated rings. The Morgan fingerprint density at radius 1 is 1.47 bits per heavy atom. The van der Waals surface area contributed by atoms with Gasteiger partial charge < -0.3 is 9.84 Å². The Balaban J connectivity index is 2.32. The zero-order valence-electron chi connectivity index (χ0n) is 9.31. The third kappa shape index (κ3) is 2.77. The summed E-state index contributed by atoms with van der Waals surface area (Å²) in [5.41, 5.74) is 1.72. The molecule has 1 heterocycles. The van der Waals surface area contributed by atoms with Gasteiger partial charge in [0.2, 0.25) is 0 Å². The van der Waals surface area contributed by atoms with E-state index in [1.54, 1.807) is 13.2 Å². The van der Waals surface area contributed by atoms with Crippen LogP contribution in [-0.2, 0) is 6.42 Å². The van der Waals surface area contributed by atoms with Gasteiger partial charge in [0.15, 0.2) is 0 Å². The molecule has 0 amide bonds. The first kappa shape index (κ1) is 12.4. The van der Waals surface area contributed by atoms with E-state index in [1.807, 2.05) is 17.5 Å². The van der Waals surface area contributed by atoms with E-state index in [-0.39, 0.29) is 6.61 Å². The van der Waals surface area contributed by atoms with Crippen molar-refractivity contribution >= 4 is 22.9 Å². The van der Waals surface area contributed by atoms with Crippen molar-refractivity contribution in [2.75, 3.05) is 13.7 Å². The normalized spacial score (nSPS) is 10.5. The Morgan fingerprint density at radius 2 is 2.29 bits per heavy atom. The third-order valence-corrected chi connectivity index (χ3v) is 3.55. The number of hydrogen-bond acceptors (Lipinski definition) is 4. The first-order valence-electron chi connectivity index (χ1n) is 5.13. The summed E-state index contributed by atoms with van der Waals surface area (Å²) in [4.78, 5) is 4.42. The molecule has 0 saturated carbocycles. The summed E-state index contributed by atoms with van der Waals surface area (Å²) in [6.45, 7) is 0.114. The average Bonchev–Trinajstić information content (AvgIpc) is 2.78. The number of nitrogens with zero attached hydrogens (tertiary/aromatic N) is 1. The lowest BCUT2D eigenvalue weighted by atomic mass is 10.1. The van der Waals surface area contributed by atoms with E-state index in [4.69, 9.17) is 21.4 Å². The number of benzene rings is 1. The number of methoxy groups -OCH3 is 1. The van der Waals surface area contributed by atoms with Crippen LogP contribution >= 0.6 is 22.9 Å². The van der Waals surface area contributed by atoms with Crippen molar-refractivity contribution in [1.29, 1.82) is 0 Å². The van der Waals surface area contributed by atoms with Crippen LogP contribution in [-0.4, -0.2) is 23.8 Å². The van der Waals surface area contributed by atoms with Crippen molar-refractivity contribution in [2.24, 2.45) is 0 Å². The predicted molar refractivity (Wildman–Crippen MR) is 69.9 cm³/mol. The molecule has 0 aliphatic carbocycles. The van der Waals surface area contributed by atoms with E-state index in [0.29, 0.717) is 11.4 Å². The van der Waals surface area contributed by atoms with E-state index >= 15 is 0 Å². The largest absolute Gasteiger partial charge is 0.497 e. The van der Waals surface area contributed by atoms with Gasteiger partial charge in [-0.05, 0) is 18.2 Å². The van der Waals surface area contributed by atoms with Crippen molar-refractivity contribution < 1.29 is 9.84 Å². The van der Waals surface area contributed by atoms with E-state index in [9.17, 15) is 0 Å². The van der Waals surface area contributed by atoms with Crippen LogP contribution in [0, 0.1) is 0 Å². The molecular weight excluding hydrogens is 258 g/mol. The molecule has 5 heteroatoms. The number of hydrogen-bond donors (Lipinski definition) is 1. The number of ether oxygens (including phenoxy) is 1. The van der Waals surface area contributed by atoms with Crippen molar-refractivity contribution in [3.8, 4) is 17.0 Å². The minimum atomic E-state index is 0.114. The summed E-state index contributed by atoms with van der Waals surface area (Å²) in [5, 5.41) is 12.3. The van der Waals surface area contributed by atoms with E-state index in [0.717, 1.165) is 22.0 Å². The van der Waals surface area contributed by atoms with Gasteiger partial charge in [0.05, 0.1) is 22.8 Å². The number of aliphatic hydroxyl groups is 1. The number of halogens is 1. The van der Waals surface area contributed by atoms with Crippen LogP contribution in [0.25, 0.3) is 11.3 Å². The zero-order chi connectivity index (χ0) is 12.3. The monoisotopic (exact) mass is 269 g/mol. The first-order valence-corrected chi connectivity index (χ1v) is 6.39. The van der Waals surface area contributed by atoms with Crippen LogP contribution in [0.4, 0.5) is 0 Å². The lowest BCUT2D eigenvalue weighted by Crippen LogP contribution is -1.89. The first-order chi connectivity index (χ1) is 8.24. The molecule has 1 aromatic carbocycles. The van der Waals surface area contributed by atoms with Crippen molar-refractivity contribution in [3.05, 3.63) is 33.6 Å². The van der Waals surface area contributed by atoms with Crippen LogP contribution in [0.1, 0.15) is 5.01 Å². The second kappa shape index (κ2) is 5.49. The van der Waals surface area contributed by atoms with Gasteiger partial charge in [-0.3, -0.25) is 0 Å². The maximum absolute atomic E-state index is 8.85. The van der Waals surface area contributed by atoms with Gasteiger partial charge in [0.25, 0.3) is 0 Å². The fourth-order valence-corrected chi connectivity index (χ4v) is 2.53. The van der Waals surface area contributed by atoms with Gasteiger partial charge in [-0.15, -0.1) is 11.3 Å². The van der Waals surface area contributed by atoms with E-state index in [1.165, 1.54) is 11.3 Å². The fourth-order valence-electron chi connectivity index (χ4n) is 1.48. The van der Waals surface area contributed by atoms with E-state index < -0.39 is 0 Å². The predicted octanol–water partition coefficient (Wildman–Crippen LogP) is 3.01. The molecule has 0 aliphatic rings. The van der Waals surface area contributed by atoms with Gasteiger partial charge in [-0.1, -0.05) is 11.6 Å². The van der Waals surface area contributed by atoms with Crippen molar-refractivity contribution in [2.45, 2.75) is 6.42 Å². The van der Waals surface area contributed by atoms with Crippen molar-refractivity contribution in [1.82, 2.24) is 4.98 Å². The maximum atomic E-state index is 8.85. The van der Waals surface area contributed by atoms with Gasteiger partial charge in [0, 0.05) is 24.0 Å². The Kier molecular flexibility index (Phi) is 3.99. The quantitative estimate of drug-likeness (QED) is 0.928. The molecule has 17 heavy (non-hydrogen) atoms. The molecule has 2 aromatic rings. The Morgan fingerprint density at radius 3 is 2.94 bits per heavy atom. The Bertz CT molecular complexity index is 513. The molecule has 0 unspecified atom stereocenters. The summed E-state index contributed by atoms with van der Waals surface area (Å²) in [6.07, 6.45) is 0.582. The Hall–Kier alpha value is -1.10. The smallest absolute Gasteiger partial charge is 0.120 e. The highest BCUT2D eigenvalue weighted by molar-refractivity contribution is 7.09. The van der Waals surface area contributed by atoms with Crippen LogP contribution in [0.5, 0.6) is 5.75 Å². The van der Waals surface area contributed by atoms with Crippen LogP contribution in [0.3, 0.4) is 0 Å². The van der Waals surface area contributed by atoms with E-state index in [2.05, 4.69) is 4.98 Å². The lowest BCUT2D eigenvalue weighted by Gasteiger charge is -2.04. The average molecular weight is 270 g/mol. The highest BCUT2D eigenvalue weighted by Crippen LogP contribution is 2.31. The summed E-state index contributed by atoms with van der Waals surface area (Å²) >= 11 is 7.69. The van der Waals surface area contributed by atoms with Crippen molar-refractivity contribution in [3.63, 3.8) is 0 Å². The second-order valence-electron chi connectivity index (χ2n) is 3.45. The molecule has 0 radical (unpaired) electrons. The highest BCUT2D eigenvalue weighted by Gasteiger charge is 2.09. The van der Waals surface area contributed by atoms with Gasteiger partial charge in [-0.2, -0.15) is 0 Å². The maximum Gasteiger partial charge on any atom is 0.120 e. The molecule has 0 atom stereocenters. The molecule has 90 valence electrons. The topological polar surface area (TPSA) is 42.4 Å². The number of aliphatic hydroxyl groups excluding tert-OH is 1. The minimum absolute atomic E-state index is 0.114. The number of rotatable bonds is 4. The summed E-state index contributed by atoms with van der Waals surface area (Å²) in [5.74, 6) is 0.726. The lowest BCUT2D eigenvalue weighted by molar-refractivity contribution is 0.299. The number of thiazole rings is 1. The van der Waals surface area contributed by atoms with Gasteiger partial charge in [-0.25, -0.2) is 4.98 Å². The van der Waals surface area contributed by atoms with Crippen LogP contribution in [0.15, 0.2) is 23.6 Å². The van der Waals surface area contributed by atoms with Gasteiger partial charge >= 0.3 is 0 Å². The number of aromatic nitrogens is 1. The standard InChI is InChI=1S/C12H12ClNO2S/c1-16-8-2-3-9(10(13)6-8)11-7-17-12(14-11)4-5-15/h2-3,6-7,15H,4-5H2,1H3. The summed E-state index contributed by atoms with van der Waals surface area (Å²) < 4.78 is 5.09. The molecule has 0 bridgehead atoms. The summed E-state index contributed by atoms with van der Waals surface area (Å²) in [7, 11) is 1.60. The molecule has 3 nitrogen and oxygen atoms in total. The van der Waals surface area contributed by atoms with Crippen LogP contribution in [0.2, 0.25) is 5.02 Å². The second-order valence-corrected chi connectivity index (χ2v) is 4.80. The third-order valence-electron chi connectivity index (χ3n) is 2.33. The molecule has 1 aromatic heterocycles. The van der Waals surface area contributed by atoms with Gasteiger partial charge in [0.1, 0.15) is 5.75 Å². The molecule has 0 spiro atoms. The fraction of sp³-hybridized carbons (Fsp3) is 0.250. The van der Waals surface area contributed by atoms with Crippen LogP contribution < -0.4 is 4.74 Å². The zero-order valence-corrected chi connectivity index (χ0v) is 10.9. The minimum Gasteiger partial charge on any atom is -0.497 e. The molecule has 1 N–H and O–H groups in total. The molecular formula is C12H12ClNO2S. The summed E-state index contributed by atoms with van der Waals surface area (Å²) in [6, 6.07) is 5.51. The highest BCUT2D eigenvalue weighted by atomic mass is 35.5. The SMILES string of the molecule is COc1ccc(-c2csc(CCO)n2)c(Cl)c1. The Labute approximate surface area is 109 Å². The molecule has 0 aliphatic heterocycles.